The van der Waals surface area contributed by atoms with E-state index in [9.17, 15) is 9.90 Å². The number of benzene rings is 1. The summed E-state index contributed by atoms with van der Waals surface area (Å²) >= 11 is 0. The monoisotopic (exact) mass is 366 g/mol. The molecular weight excluding hydrogens is 344 g/mol. The molecule has 1 aliphatic rings. The molecule has 3 heterocycles. The molecule has 2 aromatic heterocycles. The maximum Gasteiger partial charge on any atom is 0.257 e. The van der Waals surface area contributed by atoms with Crippen LogP contribution in [0.5, 0.6) is 5.75 Å². The van der Waals surface area contributed by atoms with Gasteiger partial charge in [-0.25, -0.2) is 0 Å². The number of fused-ring (bicyclic) bond motifs is 1. The number of hydrogen-bond donors (Lipinski definition) is 1. The van der Waals surface area contributed by atoms with Gasteiger partial charge in [0.15, 0.2) is 0 Å². The predicted molar refractivity (Wildman–Crippen MR) is 101 cm³/mol. The Balaban J connectivity index is 1.47. The second-order valence-corrected chi connectivity index (χ2v) is 6.92. The van der Waals surface area contributed by atoms with Crippen LogP contribution in [0.2, 0.25) is 0 Å². The number of aliphatic hydroxyl groups is 1. The van der Waals surface area contributed by atoms with Crippen LogP contribution >= 0.6 is 0 Å². The number of carbonyl (C=O) groups is 1. The molecule has 0 spiro atoms. The first-order valence-corrected chi connectivity index (χ1v) is 9.07. The summed E-state index contributed by atoms with van der Waals surface area (Å²) in [5.74, 6) is 1.90. The summed E-state index contributed by atoms with van der Waals surface area (Å²) in [5, 5.41) is 11.5. The van der Waals surface area contributed by atoms with Crippen molar-refractivity contribution in [1.29, 1.82) is 0 Å². The van der Waals surface area contributed by atoms with Crippen molar-refractivity contribution in [2.75, 3.05) is 13.1 Å². The van der Waals surface area contributed by atoms with Crippen LogP contribution in [0, 0.1) is 13.8 Å². The highest BCUT2D eigenvalue weighted by molar-refractivity contribution is 5.95. The van der Waals surface area contributed by atoms with Gasteiger partial charge in [-0.15, -0.1) is 0 Å². The van der Waals surface area contributed by atoms with Crippen molar-refractivity contribution in [3.05, 3.63) is 59.7 Å². The van der Waals surface area contributed by atoms with E-state index >= 15 is 0 Å². The first-order valence-electron chi connectivity index (χ1n) is 9.07. The molecule has 27 heavy (non-hydrogen) atoms. The minimum absolute atomic E-state index is 0.115. The number of rotatable bonds is 3. The van der Waals surface area contributed by atoms with Crippen LogP contribution in [0.4, 0.5) is 0 Å². The Labute approximate surface area is 157 Å². The van der Waals surface area contributed by atoms with Crippen molar-refractivity contribution in [1.82, 2.24) is 9.88 Å². The number of likely N-dealkylation sites (tertiary alicyclic amines) is 1. The lowest BCUT2D eigenvalue weighted by Crippen LogP contribution is -2.51. The van der Waals surface area contributed by atoms with Gasteiger partial charge in [0, 0.05) is 24.5 Å². The van der Waals surface area contributed by atoms with E-state index in [-0.39, 0.29) is 18.6 Å². The highest BCUT2D eigenvalue weighted by atomic mass is 16.5. The van der Waals surface area contributed by atoms with E-state index in [4.69, 9.17) is 9.15 Å². The molecule has 0 saturated carbocycles. The number of pyridine rings is 1. The fourth-order valence-corrected chi connectivity index (χ4v) is 3.59. The first kappa shape index (κ1) is 17.5. The number of furan rings is 1. The lowest BCUT2D eigenvalue weighted by Gasteiger charge is -2.36. The molecule has 0 bridgehead atoms. The van der Waals surface area contributed by atoms with Crippen LogP contribution in [0.1, 0.15) is 28.3 Å². The van der Waals surface area contributed by atoms with E-state index in [1.807, 2.05) is 37.3 Å². The fourth-order valence-electron chi connectivity index (χ4n) is 3.59. The smallest absolute Gasteiger partial charge is 0.257 e. The summed E-state index contributed by atoms with van der Waals surface area (Å²) in [6.07, 6.45) is 1.17. The Morgan fingerprint density at radius 3 is 2.89 bits per heavy atom. The average Bonchev–Trinajstić information content (AvgIpc) is 3.01. The largest absolute Gasteiger partial charge is 0.487 e. The van der Waals surface area contributed by atoms with Gasteiger partial charge >= 0.3 is 0 Å². The minimum atomic E-state index is -0.761. The molecule has 1 N–H and O–H groups in total. The summed E-state index contributed by atoms with van der Waals surface area (Å²) in [6, 6.07) is 11.3. The number of nitrogens with zero attached hydrogens (tertiary/aromatic N) is 2. The van der Waals surface area contributed by atoms with Gasteiger partial charge in [-0.3, -0.25) is 9.78 Å². The van der Waals surface area contributed by atoms with E-state index in [0.29, 0.717) is 35.8 Å². The van der Waals surface area contributed by atoms with Crippen LogP contribution in [0.15, 0.2) is 47.0 Å². The molecule has 1 aromatic carbocycles. The number of carbonyl (C=O) groups excluding carboxylic acids is 1. The zero-order valence-electron chi connectivity index (χ0n) is 15.4. The molecule has 6 heteroatoms. The number of piperidine rings is 1. The molecule has 1 saturated heterocycles. The van der Waals surface area contributed by atoms with Crippen molar-refractivity contribution >= 4 is 16.8 Å². The Hall–Kier alpha value is -2.86. The molecule has 2 atom stereocenters. The molecule has 0 aliphatic carbocycles. The lowest BCUT2D eigenvalue weighted by atomic mass is 10.0. The molecule has 140 valence electrons. The van der Waals surface area contributed by atoms with E-state index in [0.717, 1.165) is 10.9 Å². The van der Waals surface area contributed by atoms with Crippen molar-refractivity contribution in [3.8, 4) is 5.75 Å². The second kappa shape index (κ2) is 7.04. The molecule has 1 fully saturated rings. The fraction of sp³-hybridized carbons (Fsp3) is 0.333. The van der Waals surface area contributed by atoms with Crippen LogP contribution in [0.3, 0.4) is 0 Å². The third kappa shape index (κ3) is 3.40. The van der Waals surface area contributed by atoms with Crippen molar-refractivity contribution in [3.63, 3.8) is 0 Å². The number of β-amino-alcohol motifs (C(OH)–C–C–N with tert-alkyl or cyclic N) is 1. The lowest BCUT2D eigenvalue weighted by molar-refractivity contribution is -0.0193. The van der Waals surface area contributed by atoms with Crippen LogP contribution in [-0.4, -0.2) is 46.2 Å². The highest BCUT2D eigenvalue weighted by Crippen LogP contribution is 2.28. The number of ether oxygens (including phenoxy) is 1. The molecule has 4 rings (SSSR count). The number of aliphatic hydroxyl groups excluding tert-OH is 1. The van der Waals surface area contributed by atoms with E-state index in [1.165, 1.54) is 0 Å². The molecule has 6 nitrogen and oxygen atoms in total. The number of amides is 1. The Morgan fingerprint density at radius 1 is 1.30 bits per heavy atom. The summed E-state index contributed by atoms with van der Waals surface area (Å²) in [7, 11) is 0. The van der Waals surface area contributed by atoms with Crippen LogP contribution < -0.4 is 4.74 Å². The van der Waals surface area contributed by atoms with Crippen molar-refractivity contribution in [2.24, 2.45) is 0 Å². The third-order valence-electron chi connectivity index (χ3n) is 4.96. The predicted octanol–water partition coefficient (Wildman–Crippen LogP) is 3.10. The van der Waals surface area contributed by atoms with Crippen molar-refractivity contribution in [2.45, 2.75) is 32.5 Å². The van der Waals surface area contributed by atoms with E-state index < -0.39 is 6.10 Å². The van der Waals surface area contributed by atoms with E-state index in [2.05, 4.69) is 4.98 Å². The van der Waals surface area contributed by atoms with Gasteiger partial charge in [-0.2, -0.15) is 0 Å². The Bertz CT molecular complexity index is 976. The summed E-state index contributed by atoms with van der Waals surface area (Å²) < 4.78 is 11.5. The topological polar surface area (TPSA) is 75.8 Å². The van der Waals surface area contributed by atoms with Gasteiger partial charge in [0.25, 0.3) is 5.91 Å². The van der Waals surface area contributed by atoms with Crippen molar-refractivity contribution < 1.29 is 19.1 Å². The van der Waals surface area contributed by atoms with Gasteiger partial charge in [0.1, 0.15) is 29.5 Å². The Morgan fingerprint density at radius 2 is 2.15 bits per heavy atom. The van der Waals surface area contributed by atoms with Crippen LogP contribution in [0.25, 0.3) is 10.9 Å². The zero-order chi connectivity index (χ0) is 19.0. The third-order valence-corrected chi connectivity index (χ3v) is 4.96. The number of aromatic nitrogens is 1. The molecule has 3 aromatic rings. The highest BCUT2D eigenvalue weighted by Gasteiger charge is 2.33. The summed E-state index contributed by atoms with van der Waals surface area (Å²) in [6.45, 7) is 4.35. The SMILES string of the molecule is Cc1cc(C(=O)N2CC[C@@H](Oc3cccc4ncccc34)[C@H](O)C2)c(C)o1. The molecule has 0 radical (unpaired) electrons. The molecular formula is C21H22N2O4. The standard InChI is InChI=1S/C21H22N2O4/c1-13-11-16(14(2)26-13)21(25)23-10-8-20(18(24)12-23)27-19-7-3-6-17-15(19)5-4-9-22-17/h3-7,9,11,18,20,24H,8,10,12H2,1-2H3/t18-,20-/m1/s1. The zero-order valence-corrected chi connectivity index (χ0v) is 15.4. The van der Waals surface area contributed by atoms with Gasteiger partial charge in [0.2, 0.25) is 0 Å². The van der Waals surface area contributed by atoms with Crippen LogP contribution in [-0.2, 0) is 0 Å². The second-order valence-electron chi connectivity index (χ2n) is 6.92. The van der Waals surface area contributed by atoms with Gasteiger partial charge in [-0.1, -0.05) is 6.07 Å². The van der Waals surface area contributed by atoms with E-state index in [1.54, 1.807) is 24.1 Å². The number of hydrogen-bond acceptors (Lipinski definition) is 5. The first-order chi connectivity index (χ1) is 13.0. The maximum absolute atomic E-state index is 12.7. The maximum atomic E-state index is 12.7. The minimum Gasteiger partial charge on any atom is -0.487 e. The average molecular weight is 366 g/mol. The normalized spacial score (nSPS) is 20.0. The molecule has 1 amide bonds. The summed E-state index contributed by atoms with van der Waals surface area (Å²) in [4.78, 5) is 18.7. The van der Waals surface area contributed by atoms with Gasteiger partial charge in [-0.05, 0) is 44.2 Å². The number of aryl methyl sites for hydroxylation is 2. The van der Waals surface area contributed by atoms with Gasteiger partial charge in [0.05, 0.1) is 17.6 Å². The Kier molecular flexibility index (Phi) is 4.58. The molecule has 0 unspecified atom stereocenters. The summed E-state index contributed by atoms with van der Waals surface area (Å²) in [5.41, 5.74) is 1.40. The van der Waals surface area contributed by atoms with Gasteiger partial charge < -0.3 is 19.2 Å². The quantitative estimate of drug-likeness (QED) is 0.771. The molecule has 1 aliphatic heterocycles.